The topological polar surface area (TPSA) is 138 Å². The lowest BCUT2D eigenvalue weighted by molar-refractivity contribution is -0.151. The summed E-state index contributed by atoms with van der Waals surface area (Å²) in [5, 5.41) is 21.9. The predicted molar refractivity (Wildman–Crippen MR) is 111 cm³/mol. The molecule has 0 spiro atoms. The lowest BCUT2D eigenvalue weighted by atomic mass is 9.84. The van der Waals surface area contributed by atoms with Gasteiger partial charge in [0.1, 0.15) is 12.1 Å². The number of carbonyl (C=O) groups is 3. The maximum absolute atomic E-state index is 13.4. The van der Waals surface area contributed by atoms with Crippen molar-refractivity contribution in [2.75, 3.05) is 0 Å². The third kappa shape index (κ3) is 5.37. The third-order valence-electron chi connectivity index (χ3n) is 6.10. The van der Waals surface area contributed by atoms with Crippen molar-refractivity contribution in [2.45, 2.75) is 76.0 Å². The number of carbonyl (C=O) groups excluding carboxylic acids is 1. The standard InChI is InChI=1S/C22H30N2O5.H2O/c1-14(23-17(21(26)27)12-11-15-7-3-2-4-8-15)20(25)24-18-10-6-5-9-16(18)13-19(24)22(28)29;/h2-4,7-8,14,16-19,23H,5-6,9-13H2,1H3,(H,26,27)(H,28,29);1H2/t14-,16+,17-,18-,19-;/m0./s1/i1D3;. The van der Waals surface area contributed by atoms with Crippen molar-refractivity contribution in [3.05, 3.63) is 35.9 Å². The molecule has 1 aromatic rings. The Morgan fingerprint density at radius 2 is 1.90 bits per heavy atom. The third-order valence-corrected chi connectivity index (χ3v) is 6.10. The average molecular weight is 424 g/mol. The Morgan fingerprint density at radius 1 is 1.20 bits per heavy atom. The summed E-state index contributed by atoms with van der Waals surface area (Å²) in [7, 11) is 0. The first kappa shape index (κ1) is 19.5. The number of benzene rings is 1. The van der Waals surface area contributed by atoms with Crippen molar-refractivity contribution in [2.24, 2.45) is 5.92 Å². The van der Waals surface area contributed by atoms with Gasteiger partial charge in [-0.1, -0.05) is 43.2 Å². The SMILES string of the molecule is O.[2H]C([2H])([2H])[C@H](N[C@@H](CCc1ccccc1)C(=O)O)C(=O)N1[C@H](C(=O)O)C[C@H]2CCCC[C@@H]21. The number of nitrogens with zero attached hydrogens (tertiary/aromatic N) is 1. The molecule has 0 bridgehead atoms. The second-order valence-electron chi connectivity index (χ2n) is 7.96. The molecule has 1 saturated carbocycles. The molecule has 3 rings (SSSR count). The van der Waals surface area contributed by atoms with E-state index < -0.39 is 42.8 Å². The van der Waals surface area contributed by atoms with Gasteiger partial charge in [-0.05, 0) is 50.4 Å². The molecule has 0 radical (unpaired) electrons. The van der Waals surface area contributed by atoms with Crippen LogP contribution in [0.4, 0.5) is 0 Å². The average Bonchev–Trinajstić information content (AvgIpc) is 3.13. The summed E-state index contributed by atoms with van der Waals surface area (Å²) < 4.78 is 23.7. The minimum absolute atomic E-state index is 0. The number of aliphatic carboxylic acids is 2. The second kappa shape index (κ2) is 10.5. The van der Waals surface area contributed by atoms with E-state index >= 15 is 0 Å². The van der Waals surface area contributed by atoms with Gasteiger partial charge in [0.15, 0.2) is 0 Å². The van der Waals surface area contributed by atoms with Crippen LogP contribution < -0.4 is 5.32 Å². The number of aryl methyl sites for hydroxylation is 1. The molecule has 8 nitrogen and oxygen atoms in total. The summed E-state index contributed by atoms with van der Waals surface area (Å²) >= 11 is 0. The van der Waals surface area contributed by atoms with Crippen molar-refractivity contribution in [1.29, 1.82) is 0 Å². The van der Waals surface area contributed by atoms with Crippen LogP contribution in [0.25, 0.3) is 0 Å². The quantitative estimate of drug-likeness (QED) is 0.579. The molecular formula is C22H32N2O6. The summed E-state index contributed by atoms with van der Waals surface area (Å²) in [6.07, 6.45) is 4.01. The van der Waals surface area contributed by atoms with E-state index in [1.807, 2.05) is 30.3 Å². The number of nitrogens with one attached hydrogen (secondary N) is 1. The van der Waals surface area contributed by atoms with Crippen molar-refractivity contribution in [3.63, 3.8) is 0 Å². The lowest BCUT2D eigenvalue weighted by Gasteiger charge is -2.35. The van der Waals surface area contributed by atoms with Gasteiger partial charge in [0.05, 0.1) is 6.04 Å². The van der Waals surface area contributed by atoms with Crippen molar-refractivity contribution >= 4 is 17.8 Å². The highest BCUT2D eigenvalue weighted by Gasteiger charge is 2.48. The number of hydrogen-bond donors (Lipinski definition) is 3. The number of rotatable bonds is 8. The summed E-state index contributed by atoms with van der Waals surface area (Å²) in [6.45, 7) is -2.83. The Labute approximate surface area is 180 Å². The van der Waals surface area contributed by atoms with E-state index in [9.17, 15) is 24.6 Å². The van der Waals surface area contributed by atoms with Crippen molar-refractivity contribution in [3.8, 4) is 0 Å². The largest absolute Gasteiger partial charge is 0.480 e. The van der Waals surface area contributed by atoms with E-state index in [0.717, 1.165) is 24.8 Å². The van der Waals surface area contributed by atoms with Crippen LogP contribution in [0.2, 0.25) is 0 Å². The fraction of sp³-hybridized carbons (Fsp3) is 0.591. The molecule has 1 heterocycles. The highest BCUT2D eigenvalue weighted by atomic mass is 16.4. The van der Waals surface area contributed by atoms with E-state index in [-0.39, 0.29) is 23.9 Å². The van der Waals surface area contributed by atoms with E-state index in [4.69, 9.17) is 4.11 Å². The minimum Gasteiger partial charge on any atom is -0.480 e. The van der Waals surface area contributed by atoms with Crippen molar-refractivity contribution in [1.82, 2.24) is 10.2 Å². The fourth-order valence-electron chi connectivity index (χ4n) is 4.65. The zero-order valence-electron chi connectivity index (χ0n) is 19.8. The van der Waals surface area contributed by atoms with Gasteiger partial charge in [0, 0.05) is 10.2 Å². The van der Waals surface area contributed by atoms with E-state index in [2.05, 4.69) is 5.32 Å². The Bertz CT molecular complexity index is 835. The molecule has 1 saturated heterocycles. The van der Waals surface area contributed by atoms with Crippen LogP contribution in [-0.2, 0) is 20.8 Å². The molecule has 0 aromatic heterocycles. The zero-order valence-corrected chi connectivity index (χ0v) is 16.8. The maximum atomic E-state index is 13.4. The highest BCUT2D eigenvalue weighted by Crippen LogP contribution is 2.40. The molecular weight excluding hydrogens is 388 g/mol. The molecule has 5 N–H and O–H groups in total. The van der Waals surface area contributed by atoms with Gasteiger partial charge < -0.3 is 20.6 Å². The number of carboxylic acid groups (broad SMARTS) is 2. The Kier molecular flexibility index (Phi) is 6.85. The number of carboxylic acids is 2. The molecule has 2 fully saturated rings. The molecule has 1 aliphatic heterocycles. The van der Waals surface area contributed by atoms with Gasteiger partial charge in [0.25, 0.3) is 0 Å². The molecule has 1 aliphatic carbocycles. The normalized spacial score (nSPS) is 26.9. The Morgan fingerprint density at radius 3 is 2.53 bits per heavy atom. The van der Waals surface area contributed by atoms with E-state index in [1.54, 1.807) is 0 Å². The first-order valence-corrected chi connectivity index (χ1v) is 10.2. The fourth-order valence-corrected chi connectivity index (χ4v) is 4.65. The molecule has 30 heavy (non-hydrogen) atoms. The molecule has 1 aromatic carbocycles. The molecule has 0 unspecified atom stereocenters. The van der Waals surface area contributed by atoms with Gasteiger partial charge in [-0.25, -0.2) is 4.79 Å². The maximum Gasteiger partial charge on any atom is 0.326 e. The summed E-state index contributed by atoms with van der Waals surface area (Å²) in [5.41, 5.74) is 0.896. The predicted octanol–water partition coefficient (Wildman–Crippen LogP) is 1.47. The van der Waals surface area contributed by atoms with Crippen LogP contribution in [0.15, 0.2) is 30.3 Å². The molecule has 166 valence electrons. The van der Waals surface area contributed by atoms with Crippen LogP contribution in [-0.4, -0.2) is 62.6 Å². The smallest absolute Gasteiger partial charge is 0.326 e. The second-order valence-corrected chi connectivity index (χ2v) is 7.96. The van der Waals surface area contributed by atoms with Gasteiger partial charge in [-0.15, -0.1) is 0 Å². The first-order chi connectivity index (χ1) is 15.1. The summed E-state index contributed by atoms with van der Waals surface area (Å²) in [5.74, 6) is -3.23. The zero-order chi connectivity index (χ0) is 23.5. The van der Waals surface area contributed by atoms with Gasteiger partial charge >= 0.3 is 11.9 Å². The lowest BCUT2D eigenvalue weighted by Crippen LogP contribution is -2.55. The Balaban J connectivity index is 0.00000385. The number of likely N-dealkylation sites (tertiary alicyclic amines) is 1. The van der Waals surface area contributed by atoms with Gasteiger partial charge in [0.2, 0.25) is 5.91 Å². The van der Waals surface area contributed by atoms with Gasteiger partial charge in [-0.2, -0.15) is 0 Å². The molecule has 2 aliphatic rings. The number of fused-ring (bicyclic) bond motifs is 1. The van der Waals surface area contributed by atoms with Crippen molar-refractivity contribution < 1.29 is 34.2 Å². The number of hydrogen-bond acceptors (Lipinski definition) is 4. The summed E-state index contributed by atoms with van der Waals surface area (Å²) in [6, 6.07) is 4.71. The van der Waals surface area contributed by atoms with Crippen LogP contribution in [0, 0.1) is 5.92 Å². The van der Waals surface area contributed by atoms with E-state index in [0.29, 0.717) is 19.3 Å². The molecule has 1 amide bonds. The first-order valence-electron chi connectivity index (χ1n) is 11.7. The van der Waals surface area contributed by atoms with E-state index in [1.165, 1.54) is 4.90 Å². The Hall–Kier alpha value is -2.45. The minimum atomic E-state index is -2.83. The highest BCUT2D eigenvalue weighted by molar-refractivity contribution is 5.88. The summed E-state index contributed by atoms with van der Waals surface area (Å²) in [4.78, 5) is 38.4. The number of amides is 1. The molecule has 8 heteroatoms. The van der Waals surface area contributed by atoms with Crippen LogP contribution >= 0.6 is 0 Å². The monoisotopic (exact) mass is 423 g/mol. The van der Waals surface area contributed by atoms with Crippen LogP contribution in [0.5, 0.6) is 0 Å². The van der Waals surface area contributed by atoms with Crippen LogP contribution in [0.3, 0.4) is 0 Å². The van der Waals surface area contributed by atoms with Crippen LogP contribution in [0.1, 0.15) is 55.1 Å². The molecule has 5 atom stereocenters. The van der Waals surface area contributed by atoms with Gasteiger partial charge in [-0.3, -0.25) is 14.9 Å².